The monoisotopic (exact) mass is 305 g/mol. The second kappa shape index (κ2) is 6.32. The molecule has 2 rings (SSSR count). The highest BCUT2D eigenvalue weighted by Gasteiger charge is 2.18. The molecule has 108 valence electrons. The van der Waals surface area contributed by atoms with Gasteiger partial charge in [0.05, 0.1) is 4.92 Å². The van der Waals surface area contributed by atoms with Gasteiger partial charge in [0.15, 0.2) is 0 Å². The Morgan fingerprint density at radius 2 is 2.19 bits per heavy atom. The zero-order chi connectivity index (χ0) is 15.4. The lowest BCUT2D eigenvalue weighted by molar-refractivity contribution is -0.384. The summed E-state index contributed by atoms with van der Waals surface area (Å²) in [6.07, 6.45) is 3.31. The van der Waals surface area contributed by atoms with Crippen molar-refractivity contribution in [2.24, 2.45) is 0 Å². The van der Waals surface area contributed by atoms with E-state index in [1.165, 1.54) is 23.1 Å². The first-order valence-electron chi connectivity index (χ1n) is 6.07. The first-order chi connectivity index (χ1) is 9.99. The minimum atomic E-state index is -0.611. The second-order valence-corrected chi connectivity index (χ2v) is 4.85. The van der Waals surface area contributed by atoms with Gasteiger partial charge in [0.25, 0.3) is 11.6 Å². The molecular formula is C14H12ClN3O3. The number of carbonyl (C=O) groups is 1. The number of hydrogen-bond donors (Lipinski definition) is 0. The molecule has 0 atom stereocenters. The molecule has 0 fully saturated rings. The molecule has 0 saturated heterocycles. The molecule has 0 aliphatic carbocycles. The lowest BCUT2D eigenvalue weighted by Gasteiger charge is -2.17. The third-order valence-electron chi connectivity index (χ3n) is 2.88. The van der Waals surface area contributed by atoms with Crippen LogP contribution in [0.15, 0.2) is 42.7 Å². The van der Waals surface area contributed by atoms with E-state index in [0.29, 0.717) is 6.54 Å². The molecule has 0 aliphatic heterocycles. The first kappa shape index (κ1) is 14.9. The van der Waals surface area contributed by atoms with Gasteiger partial charge in [-0.3, -0.25) is 19.9 Å². The maximum Gasteiger partial charge on any atom is 0.288 e. The molecule has 21 heavy (non-hydrogen) atoms. The van der Waals surface area contributed by atoms with Crippen LogP contribution >= 0.6 is 11.6 Å². The summed E-state index contributed by atoms with van der Waals surface area (Å²) in [6.45, 7) is 0.364. The van der Waals surface area contributed by atoms with Gasteiger partial charge in [0, 0.05) is 37.6 Å². The van der Waals surface area contributed by atoms with Gasteiger partial charge in [-0.05, 0) is 23.8 Å². The van der Waals surface area contributed by atoms with Crippen molar-refractivity contribution in [3.8, 4) is 0 Å². The minimum absolute atomic E-state index is 0.00598. The molecule has 0 saturated carbocycles. The van der Waals surface area contributed by atoms with Gasteiger partial charge in [0.2, 0.25) is 0 Å². The fourth-order valence-electron chi connectivity index (χ4n) is 1.84. The Kier molecular flexibility index (Phi) is 4.49. The van der Waals surface area contributed by atoms with E-state index < -0.39 is 4.92 Å². The number of amides is 1. The van der Waals surface area contributed by atoms with E-state index >= 15 is 0 Å². The molecule has 0 N–H and O–H groups in total. The maximum atomic E-state index is 12.3. The van der Waals surface area contributed by atoms with Crippen molar-refractivity contribution in [3.05, 3.63) is 69.0 Å². The summed E-state index contributed by atoms with van der Waals surface area (Å²) in [5.74, 6) is -0.321. The number of carbonyl (C=O) groups excluding carboxylic acids is 1. The Morgan fingerprint density at radius 3 is 2.81 bits per heavy atom. The summed E-state index contributed by atoms with van der Waals surface area (Å²) in [5, 5.41) is 10.9. The SMILES string of the molecule is CN(Cc1cccnc1)C(=O)c1ccc(Cl)c([N+](=O)[O-])c1. The van der Waals surface area contributed by atoms with Crippen molar-refractivity contribution in [1.29, 1.82) is 0 Å². The summed E-state index contributed by atoms with van der Waals surface area (Å²) < 4.78 is 0. The number of aromatic nitrogens is 1. The standard InChI is InChI=1S/C14H12ClN3O3/c1-17(9-10-3-2-6-16-8-10)14(19)11-4-5-12(15)13(7-11)18(20)21/h2-8H,9H2,1H3. The summed E-state index contributed by atoms with van der Waals surface area (Å²) >= 11 is 5.73. The highest BCUT2D eigenvalue weighted by molar-refractivity contribution is 6.32. The van der Waals surface area contributed by atoms with Gasteiger partial charge >= 0.3 is 0 Å². The predicted molar refractivity (Wildman–Crippen MR) is 78.1 cm³/mol. The van der Waals surface area contributed by atoms with Crippen molar-refractivity contribution in [1.82, 2.24) is 9.88 Å². The van der Waals surface area contributed by atoms with Gasteiger partial charge in [-0.1, -0.05) is 17.7 Å². The first-order valence-corrected chi connectivity index (χ1v) is 6.45. The Hall–Kier alpha value is -2.47. The molecule has 0 radical (unpaired) electrons. The average Bonchev–Trinajstić information content (AvgIpc) is 2.47. The van der Waals surface area contributed by atoms with E-state index in [0.717, 1.165) is 5.56 Å². The summed E-state index contributed by atoms with van der Waals surface area (Å²) in [7, 11) is 1.62. The summed E-state index contributed by atoms with van der Waals surface area (Å²) in [4.78, 5) is 27.9. The van der Waals surface area contributed by atoms with E-state index in [1.807, 2.05) is 6.07 Å². The van der Waals surface area contributed by atoms with Crippen LogP contribution < -0.4 is 0 Å². The number of benzene rings is 1. The van der Waals surface area contributed by atoms with Crippen LogP contribution in [0.4, 0.5) is 5.69 Å². The third-order valence-corrected chi connectivity index (χ3v) is 3.20. The Labute approximate surface area is 126 Å². The molecule has 2 aromatic rings. The Bertz CT molecular complexity index is 676. The van der Waals surface area contributed by atoms with E-state index in [1.54, 1.807) is 25.5 Å². The molecule has 0 spiro atoms. The van der Waals surface area contributed by atoms with Gasteiger partial charge < -0.3 is 4.90 Å². The molecule has 0 aliphatic rings. The van der Waals surface area contributed by atoms with Crippen molar-refractivity contribution < 1.29 is 9.72 Å². The highest BCUT2D eigenvalue weighted by Crippen LogP contribution is 2.25. The Morgan fingerprint density at radius 1 is 1.43 bits per heavy atom. The zero-order valence-corrected chi connectivity index (χ0v) is 11.9. The van der Waals surface area contributed by atoms with Crippen LogP contribution in [0.25, 0.3) is 0 Å². The van der Waals surface area contributed by atoms with Crippen molar-refractivity contribution in [2.45, 2.75) is 6.54 Å². The van der Waals surface area contributed by atoms with Crippen molar-refractivity contribution in [3.63, 3.8) is 0 Å². The molecular weight excluding hydrogens is 294 g/mol. The molecule has 7 heteroatoms. The minimum Gasteiger partial charge on any atom is -0.337 e. The van der Waals surface area contributed by atoms with Crippen LogP contribution in [-0.2, 0) is 6.54 Å². The zero-order valence-electron chi connectivity index (χ0n) is 11.2. The molecule has 1 heterocycles. The Balaban J connectivity index is 2.20. The van der Waals surface area contributed by atoms with Crippen LogP contribution in [0.5, 0.6) is 0 Å². The molecule has 1 amide bonds. The predicted octanol–water partition coefficient (Wildman–Crippen LogP) is 2.92. The number of rotatable bonds is 4. The summed E-state index contributed by atoms with van der Waals surface area (Å²) in [5.41, 5.74) is 0.812. The number of halogens is 1. The van der Waals surface area contributed by atoms with Gasteiger partial charge in [-0.2, -0.15) is 0 Å². The average molecular weight is 306 g/mol. The van der Waals surface area contributed by atoms with Crippen LogP contribution in [0, 0.1) is 10.1 Å². The highest BCUT2D eigenvalue weighted by atomic mass is 35.5. The van der Waals surface area contributed by atoms with Gasteiger partial charge in [-0.25, -0.2) is 0 Å². The lowest BCUT2D eigenvalue weighted by atomic mass is 10.1. The molecule has 6 nitrogen and oxygen atoms in total. The number of nitro groups is 1. The van der Waals surface area contributed by atoms with E-state index in [9.17, 15) is 14.9 Å². The topological polar surface area (TPSA) is 76.3 Å². The molecule has 1 aromatic heterocycles. The quantitative estimate of drug-likeness (QED) is 0.643. The lowest BCUT2D eigenvalue weighted by Crippen LogP contribution is -2.26. The fourth-order valence-corrected chi connectivity index (χ4v) is 2.03. The van der Waals surface area contributed by atoms with Gasteiger partial charge in [-0.15, -0.1) is 0 Å². The van der Waals surface area contributed by atoms with Crippen LogP contribution in [0.3, 0.4) is 0 Å². The fraction of sp³-hybridized carbons (Fsp3) is 0.143. The number of pyridine rings is 1. The van der Waals surface area contributed by atoms with Crippen LogP contribution in [-0.4, -0.2) is 27.8 Å². The number of nitrogens with zero attached hydrogens (tertiary/aromatic N) is 3. The third kappa shape index (κ3) is 3.55. The molecule has 0 bridgehead atoms. The van der Waals surface area contributed by atoms with Gasteiger partial charge in [0.1, 0.15) is 5.02 Å². The normalized spacial score (nSPS) is 10.2. The number of hydrogen-bond acceptors (Lipinski definition) is 4. The number of nitro benzene ring substituents is 1. The smallest absolute Gasteiger partial charge is 0.288 e. The van der Waals surface area contributed by atoms with Crippen molar-refractivity contribution in [2.75, 3.05) is 7.05 Å². The second-order valence-electron chi connectivity index (χ2n) is 4.45. The van der Waals surface area contributed by atoms with Crippen LogP contribution in [0.1, 0.15) is 15.9 Å². The van der Waals surface area contributed by atoms with Crippen molar-refractivity contribution >= 4 is 23.2 Å². The largest absolute Gasteiger partial charge is 0.337 e. The van der Waals surface area contributed by atoms with E-state index in [4.69, 9.17) is 11.6 Å². The molecule has 0 unspecified atom stereocenters. The van der Waals surface area contributed by atoms with E-state index in [2.05, 4.69) is 4.98 Å². The summed E-state index contributed by atoms with van der Waals surface area (Å²) in [6, 6.07) is 7.63. The van der Waals surface area contributed by atoms with Crippen LogP contribution in [0.2, 0.25) is 5.02 Å². The maximum absolute atomic E-state index is 12.3. The van der Waals surface area contributed by atoms with E-state index in [-0.39, 0.29) is 22.2 Å². The molecule has 1 aromatic carbocycles.